The first-order chi connectivity index (χ1) is 9.82. The number of sulfonamides is 1. The van der Waals surface area contributed by atoms with E-state index in [1.807, 2.05) is 0 Å². The Morgan fingerprint density at radius 3 is 2.43 bits per heavy atom. The number of carbonyl (C=O) groups is 1. The summed E-state index contributed by atoms with van der Waals surface area (Å²) in [6.07, 6.45) is 1.36. The van der Waals surface area contributed by atoms with Crippen molar-refractivity contribution in [3.8, 4) is 0 Å². The molecule has 2 aromatic rings. The smallest absolute Gasteiger partial charge is 0.324 e. The standard InChI is InChI=1S/C13H15N3O4S/c1-10-14-12(8-15(10)2)21(19,20)16(9-13(17)18)11-6-4-3-5-7-11/h3-8H,9H2,1-2H3,(H,17,18). The minimum Gasteiger partial charge on any atom is -0.480 e. The molecule has 0 unspecified atom stereocenters. The molecule has 0 aliphatic heterocycles. The maximum atomic E-state index is 12.6. The van der Waals surface area contributed by atoms with Crippen LogP contribution < -0.4 is 4.31 Å². The number of para-hydroxylation sites is 1. The number of carboxylic acids is 1. The molecule has 0 saturated carbocycles. The van der Waals surface area contributed by atoms with Gasteiger partial charge >= 0.3 is 5.97 Å². The zero-order valence-electron chi connectivity index (χ0n) is 11.6. The fourth-order valence-corrected chi connectivity index (χ4v) is 3.24. The van der Waals surface area contributed by atoms with Crippen LogP contribution in [0.15, 0.2) is 41.6 Å². The van der Waals surface area contributed by atoms with Gasteiger partial charge in [0.2, 0.25) is 0 Å². The van der Waals surface area contributed by atoms with Gasteiger partial charge in [0.1, 0.15) is 12.4 Å². The van der Waals surface area contributed by atoms with E-state index in [0.717, 1.165) is 4.31 Å². The highest BCUT2D eigenvalue weighted by molar-refractivity contribution is 7.92. The third-order valence-electron chi connectivity index (χ3n) is 2.96. The Kier molecular flexibility index (Phi) is 3.99. The first-order valence-electron chi connectivity index (χ1n) is 6.12. The van der Waals surface area contributed by atoms with Gasteiger partial charge in [-0.1, -0.05) is 18.2 Å². The molecule has 112 valence electrons. The van der Waals surface area contributed by atoms with Gasteiger partial charge in [-0.3, -0.25) is 9.10 Å². The van der Waals surface area contributed by atoms with Gasteiger partial charge in [0.05, 0.1) is 5.69 Å². The Balaban J connectivity index is 2.52. The van der Waals surface area contributed by atoms with Gasteiger partial charge in [0.15, 0.2) is 5.03 Å². The Hall–Kier alpha value is -2.35. The zero-order chi connectivity index (χ0) is 15.6. The molecule has 8 heteroatoms. The second kappa shape index (κ2) is 5.57. The molecule has 1 heterocycles. The van der Waals surface area contributed by atoms with Gasteiger partial charge in [-0.15, -0.1) is 0 Å². The highest BCUT2D eigenvalue weighted by atomic mass is 32.2. The fourth-order valence-electron chi connectivity index (χ4n) is 1.80. The van der Waals surface area contributed by atoms with E-state index in [9.17, 15) is 13.2 Å². The van der Waals surface area contributed by atoms with Gasteiger partial charge in [-0.05, 0) is 19.1 Å². The highest BCUT2D eigenvalue weighted by Crippen LogP contribution is 2.22. The average Bonchev–Trinajstić information content (AvgIpc) is 2.77. The summed E-state index contributed by atoms with van der Waals surface area (Å²) >= 11 is 0. The molecule has 0 fully saturated rings. The number of aryl methyl sites for hydroxylation is 2. The summed E-state index contributed by atoms with van der Waals surface area (Å²) in [7, 11) is -2.36. The van der Waals surface area contributed by atoms with Crippen molar-refractivity contribution in [2.45, 2.75) is 11.9 Å². The summed E-state index contributed by atoms with van der Waals surface area (Å²) in [6, 6.07) is 8.08. The first-order valence-corrected chi connectivity index (χ1v) is 7.56. The van der Waals surface area contributed by atoms with E-state index in [4.69, 9.17) is 5.11 Å². The van der Waals surface area contributed by atoms with E-state index >= 15 is 0 Å². The molecular formula is C13H15N3O4S. The van der Waals surface area contributed by atoms with Crippen LogP contribution >= 0.6 is 0 Å². The molecule has 0 radical (unpaired) electrons. The summed E-state index contributed by atoms with van der Waals surface area (Å²) in [4.78, 5) is 15.0. The molecule has 1 N–H and O–H groups in total. The second-order valence-electron chi connectivity index (χ2n) is 4.48. The molecule has 21 heavy (non-hydrogen) atoms. The molecule has 0 aliphatic carbocycles. The molecular weight excluding hydrogens is 294 g/mol. The molecule has 0 bridgehead atoms. The van der Waals surface area contributed by atoms with Gasteiger partial charge in [-0.25, -0.2) is 4.98 Å². The van der Waals surface area contributed by atoms with Gasteiger partial charge in [-0.2, -0.15) is 8.42 Å². The summed E-state index contributed by atoms with van der Waals surface area (Å²) in [5.74, 6) is -0.716. The van der Waals surface area contributed by atoms with Crippen molar-refractivity contribution >= 4 is 21.7 Å². The molecule has 7 nitrogen and oxygen atoms in total. The molecule has 0 saturated heterocycles. The van der Waals surface area contributed by atoms with Crippen molar-refractivity contribution in [1.82, 2.24) is 9.55 Å². The topological polar surface area (TPSA) is 92.5 Å². The van der Waals surface area contributed by atoms with Crippen LogP contribution in [0.2, 0.25) is 0 Å². The number of benzene rings is 1. The van der Waals surface area contributed by atoms with E-state index in [1.165, 1.54) is 18.3 Å². The van der Waals surface area contributed by atoms with Crippen LogP contribution in [0.1, 0.15) is 5.82 Å². The van der Waals surface area contributed by atoms with Crippen molar-refractivity contribution in [2.75, 3.05) is 10.8 Å². The van der Waals surface area contributed by atoms with Gasteiger partial charge in [0.25, 0.3) is 10.0 Å². The second-order valence-corrected chi connectivity index (χ2v) is 6.29. The van der Waals surface area contributed by atoms with Crippen LogP contribution in [0.25, 0.3) is 0 Å². The molecule has 2 rings (SSSR count). The number of carboxylic acid groups (broad SMARTS) is 1. The Morgan fingerprint density at radius 1 is 1.33 bits per heavy atom. The van der Waals surface area contributed by atoms with E-state index in [0.29, 0.717) is 5.82 Å². The van der Waals surface area contributed by atoms with Crippen molar-refractivity contribution < 1.29 is 18.3 Å². The lowest BCUT2D eigenvalue weighted by molar-refractivity contribution is -0.135. The van der Waals surface area contributed by atoms with Crippen molar-refractivity contribution in [3.63, 3.8) is 0 Å². The lowest BCUT2D eigenvalue weighted by Gasteiger charge is -2.21. The fraction of sp³-hybridized carbons (Fsp3) is 0.231. The molecule has 0 atom stereocenters. The number of anilines is 1. The minimum atomic E-state index is -4.03. The number of aromatic nitrogens is 2. The van der Waals surface area contributed by atoms with E-state index in [2.05, 4.69) is 4.98 Å². The molecule has 1 aromatic heterocycles. The molecule has 0 spiro atoms. The number of aliphatic carboxylic acids is 1. The third-order valence-corrected chi connectivity index (χ3v) is 4.61. The number of hydrogen-bond acceptors (Lipinski definition) is 4. The molecule has 0 amide bonds. The highest BCUT2D eigenvalue weighted by Gasteiger charge is 2.29. The maximum Gasteiger partial charge on any atom is 0.324 e. The summed E-state index contributed by atoms with van der Waals surface area (Å²) in [5, 5.41) is 8.81. The van der Waals surface area contributed by atoms with Crippen molar-refractivity contribution in [2.24, 2.45) is 7.05 Å². The Bertz CT molecular complexity index is 733. The van der Waals surface area contributed by atoms with E-state index in [-0.39, 0.29) is 10.7 Å². The van der Waals surface area contributed by atoms with Crippen LogP contribution in [0.4, 0.5) is 5.69 Å². The number of imidazole rings is 1. The van der Waals surface area contributed by atoms with Crippen LogP contribution in [0.3, 0.4) is 0 Å². The maximum absolute atomic E-state index is 12.6. The van der Waals surface area contributed by atoms with Gasteiger partial charge < -0.3 is 9.67 Å². The van der Waals surface area contributed by atoms with Gasteiger partial charge in [0, 0.05) is 13.2 Å². The number of hydrogen-bond donors (Lipinski definition) is 1. The lowest BCUT2D eigenvalue weighted by atomic mass is 10.3. The summed E-state index contributed by atoms with van der Waals surface area (Å²) in [5.41, 5.74) is 0.281. The predicted octanol–water partition coefficient (Wildman–Crippen LogP) is 1.01. The summed E-state index contributed by atoms with van der Waals surface area (Å²) in [6.45, 7) is 1.01. The third kappa shape index (κ3) is 3.05. The van der Waals surface area contributed by atoms with E-state index in [1.54, 1.807) is 36.7 Å². The largest absolute Gasteiger partial charge is 0.480 e. The monoisotopic (exact) mass is 309 g/mol. The van der Waals surface area contributed by atoms with Crippen LogP contribution in [0, 0.1) is 6.92 Å². The summed E-state index contributed by atoms with van der Waals surface area (Å²) < 4.78 is 27.6. The quantitative estimate of drug-likeness (QED) is 0.889. The minimum absolute atomic E-state index is 0.174. The van der Waals surface area contributed by atoms with Crippen LogP contribution in [0.5, 0.6) is 0 Å². The Morgan fingerprint density at radius 2 is 1.95 bits per heavy atom. The van der Waals surface area contributed by atoms with Crippen LogP contribution in [-0.2, 0) is 21.9 Å². The molecule has 0 aliphatic rings. The lowest BCUT2D eigenvalue weighted by Crippen LogP contribution is -2.35. The number of nitrogens with zero attached hydrogens (tertiary/aromatic N) is 3. The molecule has 1 aromatic carbocycles. The predicted molar refractivity (Wildman–Crippen MR) is 76.6 cm³/mol. The van der Waals surface area contributed by atoms with E-state index < -0.39 is 22.5 Å². The SMILES string of the molecule is Cc1nc(S(=O)(=O)N(CC(=O)O)c2ccccc2)cn1C. The normalized spacial score (nSPS) is 11.3. The van der Waals surface area contributed by atoms with Crippen molar-refractivity contribution in [1.29, 1.82) is 0 Å². The van der Waals surface area contributed by atoms with Crippen molar-refractivity contribution in [3.05, 3.63) is 42.4 Å². The van der Waals surface area contributed by atoms with Crippen LogP contribution in [-0.4, -0.2) is 35.6 Å². The number of rotatable bonds is 5. The Labute approximate surface area is 122 Å². The average molecular weight is 309 g/mol. The first kappa shape index (κ1) is 15.0. The zero-order valence-corrected chi connectivity index (χ0v) is 12.4.